The van der Waals surface area contributed by atoms with Crippen LogP contribution in [0.3, 0.4) is 0 Å². The third kappa shape index (κ3) is 2.71. The van der Waals surface area contributed by atoms with Crippen molar-refractivity contribution in [3.05, 3.63) is 71.0 Å². The Bertz CT molecular complexity index is 540. The summed E-state index contributed by atoms with van der Waals surface area (Å²) in [5.74, 6) is -0.475. The zero-order valence-electron chi connectivity index (χ0n) is 9.35. The lowest BCUT2D eigenvalue weighted by molar-refractivity contribution is 0.150. The van der Waals surface area contributed by atoms with Crippen LogP contribution in [0.25, 0.3) is 0 Å². The highest BCUT2D eigenvalue weighted by Gasteiger charge is 2.14. The Hall–Kier alpha value is -1.81. The Morgan fingerprint density at radius 1 is 0.833 bits per heavy atom. The number of rotatable bonds is 3. The van der Waals surface area contributed by atoms with Gasteiger partial charge in [-0.05, 0) is 29.3 Å². The number of aliphatic hydroxyl groups is 1. The minimum absolute atomic E-state index is 0.164. The molecule has 2 aromatic carbocycles. The van der Waals surface area contributed by atoms with Crippen LogP contribution in [0.4, 0.5) is 13.2 Å². The molecule has 18 heavy (non-hydrogen) atoms. The number of hydrogen-bond acceptors (Lipinski definition) is 1. The van der Waals surface area contributed by atoms with Gasteiger partial charge < -0.3 is 5.11 Å². The molecule has 1 nitrogen and oxygen atoms in total. The first-order chi connectivity index (χ1) is 8.58. The predicted octanol–water partition coefficient (Wildman–Crippen LogP) is 3.85. The molecule has 0 saturated carbocycles. The maximum absolute atomic E-state index is 13.0. The summed E-state index contributed by atoms with van der Waals surface area (Å²) in [5.41, 5.74) is 0.489. The summed E-state index contributed by atoms with van der Waals surface area (Å²) in [7, 11) is 0. The second-order valence-electron chi connectivity index (χ2n) is 3.93. The molecule has 0 heterocycles. The predicted molar refractivity (Wildman–Crippen MR) is 61.9 cm³/mol. The summed E-state index contributed by atoms with van der Waals surface area (Å²) in [4.78, 5) is 0. The minimum Gasteiger partial charge on any atom is -0.384 e. The van der Waals surface area contributed by atoms with Crippen molar-refractivity contribution in [2.45, 2.75) is 12.5 Å². The normalized spacial score (nSPS) is 12.7. The van der Waals surface area contributed by atoms with Crippen molar-refractivity contribution in [2.24, 2.45) is 0 Å². The van der Waals surface area contributed by atoms with Crippen LogP contribution in [-0.4, -0.2) is 5.11 Å². The summed E-state index contributed by atoms with van der Waals surface area (Å²) in [6.45, 7) is 0. The van der Waals surface area contributed by atoms with Crippen LogP contribution in [0, 0.1) is 5.82 Å². The molecule has 0 amide bonds. The molecule has 0 aromatic heterocycles. The quantitative estimate of drug-likeness (QED) is 0.879. The average molecular weight is 252 g/mol. The fraction of sp³-hybridized carbons (Fsp3) is 0.143. The fourth-order valence-corrected chi connectivity index (χ4v) is 1.73. The van der Waals surface area contributed by atoms with Crippen LogP contribution < -0.4 is 0 Å². The number of benzene rings is 2. The van der Waals surface area contributed by atoms with E-state index in [4.69, 9.17) is 0 Å². The molecule has 0 fully saturated rings. The molecule has 0 aliphatic rings. The van der Waals surface area contributed by atoms with E-state index in [2.05, 4.69) is 0 Å². The van der Waals surface area contributed by atoms with Gasteiger partial charge in [0.1, 0.15) is 11.9 Å². The molecule has 0 saturated heterocycles. The zero-order valence-corrected chi connectivity index (χ0v) is 9.35. The Labute approximate surface area is 103 Å². The third-order valence-electron chi connectivity index (χ3n) is 2.64. The van der Waals surface area contributed by atoms with E-state index in [1.54, 1.807) is 6.07 Å². The van der Waals surface area contributed by atoms with E-state index in [-0.39, 0.29) is 5.56 Å². The van der Waals surface area contributed by atoms with E-state index >= 15 is 0 Å². The summed E-state index contributed by atoms with van der Waals surface area (Å²) in [6.07, 6.45) is -3.70. The molecule has 2 rings (SSSR count). The van der Waals surface area contributed by atoms with Crippen LogP contribution in [0.2, 0.25) is 0 Å². The smallest absolute Gasteiger partial charge is 0.263 e. The molecule has 1 unspecified atom stereocenters. The van der Waals surface area contributed by atoms with Gasteiger partial charge >= 0.3 is 0 Å². The van der Waals surface area contributed by atoms with Gasteiger partial charge in [0.05, 0.1) is 0 Å². The maximum Gasteiger partial charge on any atom is 0.263 e. The van der Waals surface area contributed by atoms with E-state index < -0.39 is 18.3 Å². The number of halogens is 3. The van der Waals surface area contributed by atoms with Crippen LogP contribution in [0.1, 0.15) is 29.2 Å². The monoisotopic (exact) mass is 252 g/mol. The third-order valence-corrected chi connectivity index (χ3v) is 2.64. The Balaban J connectivity index is 2.33. The fourth-order valence-electron chi connectivity index (χ4n) is 1.73. The molecule has 2 aromatic rings. The molecule has 94 valence electrons. The molecule has 4 heteroatoms. The van der Waals surface area contributed by atoms with E-state index in [1.165, 1.54) is 42.5 Å². The van der Waals surface area contributed by atoms with Crippen LogP contribution in [-0.2, 0) is 0 Å². The Morgan fingerprint density at radius 3 is 2.00 bits per heavy atom. The molecule has 0 spiro atoms. The maximum atomic E-state index is 13.0. The van der Waals surface area contributed by atoms with Crippen molar-refractivity contribution in [2.75, 3.05) is 0 Å². The second-order valence-corrected chi connectivity index (χ2v) is 3.93. The summed E-state index contributed by atoms with van der Waals surface area (Å²) in [5, 5.41) is 10.0. The lowest BCUT2D eigenvalue weighted by atomic mass is 10.00. The van der Waals surface area contributed by atoms with Crippen molar-refractivity contribution in [3.8, 4) is 0 Å². The van der Waals surface area contributed by atoms with Crippen LogP contribution >= 0.6 is 0 Å². The molecule has 0 radical (unpaired) electrons. The molecular weight excluding hydrogens is 241 g/mol. The number of alkyl halides is 2. The molecule has 0 aliphatic heterocycles. The second kappa shape index (κ2) is 5.23. The van der Waals surface area contributed by atoms with Gasteiger partial charge in [0.15, 0.2) is 0 Å². The lowest BCUT2D eigenvalue weighted by Gasteiger charge is -2.12. The summed E-state index contributed by atoms with van der Waals surface area (Å²) < 4.78 is 38.1. The van der Waals surface area contributed by atoms with Gasteiger partial charge in [0.2, 0.25) is 0 Å². The van der Waals surface area contributed by atoms with E-state index in [0.29, 0.717) is 11.1 Å². The first-order valence-electron chi connectivity index (χ1n) is 5.39. The van der Waals surface area contributed by atoms with E-state index in [1.807, 2.05) is 0 Å². The van der Waals surface area contributed by atoms with E-state index in [0.717, 1.165) is 0 Å². The Kier molecular flexibility index (Phi) is 3.67. The molecular formula is C14H11F3O. The first-order valence-corrected chi connectivity index (χ1v) is 5.39. The van der Waals surface area contributed by atoms with Gasteiger partial charge in [0.25, 0.3) is 6.43 Å². The van der Waals surface area contributed by atoms with Crippen LogP contribution in [0.5, 0.6) is 0 Å². The van der Waals surface area contributed by atoms with E-state index in [9.17, 15) is 18.3 Å². The first kappa shape index (κ1) is 12.6. The van der Waals surface area contributed by atoms with Gasteiger partial charge in [-0.2, -0.15) is 0 Å². The average Bonchev–Trinajstić information content (AvgIpc) is 2.38. The summed E-state index contributed by atoms with van der Waals surface area (Å²) in [6, 6.07) is 10.9. The van der Waals surface area contributed by atoms with Gasteiger partial charge in [-0.3, -0.25) is 0 Å². The standard InChI is InChI=1S/C14H11F3O/c15-12-6-2-4-10(8-12)13(18)9-3-1-5-11(7-9)14(16)17/h1-8,13-14,18H. The Morgan fingerprint density at radius 2 is 1.39 bits per heavy atom. The molecule has 1 N–H and O–H groups in total. The zero-order chi connectivity index (χ0) is 13.1. The topological polar surface area (TPSA) is 20.2 Å². The van der Waals surface area contributed by atoms with Gasteiger partial charge in [-0.25, -0.2) is 13.2 Å². The van der Waals surface area contributed by atoms with Crippen molar-refractivity contribution in [3.63, 3.8) is 0 Å². The lowest BCUT2D eigenvalue weighted by Crippen LogP contribution is -2.01. The molecule has 0 bridgehead atoms. The molecule has 1 atom stereocenters. The van der Waals surface area contributed by atoms with Crippen molar-refractivity contribution >= 4 is 0 Å². The number of aliphatic hydroxyl groups excluding tert-OH is 1. The summed E-state index contributed by atoms with van der Waals surface area (Å²) >= 11 is 0. The van der Waals surface area contributed by atoms with Crippen molar-refractivity contribution in [1.29, 1.82) is 0 Å². The minimum atomic E-state index is -2.59. The van der Waals surface area contributed by atoms with Gasteiger partial charge in [0, 0.05) is 5.56 Å². The number of hydrogen-bond donors (Lipinski definition) is 1. The van der Waals surface area contributed by atoms with Gasteiger partial charge in [-0.1, -0.05) is 30.3 Å². The highest BCUT2D eigenvalue weighted by molar-refractivity contribution is 5.33. The van der Waals surface area contributed by atoms with Crippen molar-refractivity contribution in [1.82, 2.24) is 0 Å². The van der Waals surface area contributed by atoms with Gasteiger partial charge in [-0.15, -0.1) is 0 Å². The molecule has 0 aliphatic carbocycles. The van der Waals surface area contributed by atoms with Crippen LogP contribution in [0.15, 0.2) is 48.5 Å². The highest BCUT2D eigenvalue weighted by Crippen LogP contribution is 2.26. The highest BCUT2D eigenvalue weighted by atomic mass is 19.3. The largest absolute Gasteiger partial charge is 0.384 e. The van der Waals surface area contributed by atoms with Crippen molar-refractivity contribution < 1.29 is 18.3 Å². The SMILES string of the molecule is OC(c1cccc(F)c1)c1cccc(C(F)F)c1.